The summed E-state index contributed by atoms with van der Waals surface area (Å²) >= 11 is 0. The van der Waals surface area contributed by atoms with Gasteiger partial charge < -0.3 is 14.5 Å². The van der Waals surface area contributed by atoms with Crippen molar-refractivity contribution in [2.75, 3.05) is 40.8 Å². The molecular weight excluding hydrogens is 232 g/mol. The minimum Gasteiger partial charge on any atom is -0.469 e. The molecule has 18 heavy (non-hydrogen) atoms. The maximum absolute atomic E-state index is 11.5. The van der Waals surface area contributed by atoms with E-state index in [9.17, 15) is 9.59 Å². The second-order valence-corrected chi connectivity index (χ2v) is 5.05. The van der Waals surface area contributed by atoms with E-state index in [-0.39, 0.29) is 17.8 Å². The van der Waals surface area contributed by atoms with Crippen LogP contribution in [0.5, 0.6) is 0 Å². The standard InChI is InChI=1S/C13H24N2O3/c1-14(2)12(16)7-5-9-15-8-4-6-11(10-15)13(17)18-3/h11H,4-10H2,1-3H3/t11-/m0/s1. The number of likely N-dealkylation sites (tertiary alicyclic amines) is 1. The molecule has 0 saturated carbocycles. The summed E-state index contributed by atoms with van der Waals surface area (Å²) in [5, 5.41) is 0. The van der Waals surface area contributed by atoms with Gasteiger partial charge >= 0.3 is 5.97 Å². The summed E-state index contributed by atoms with van der Waals surface area (Å²) in [6.07, 6.45) is 3.37. The van der Waals surface area contributed by atoms with E-state index in [2.05, 4.69) is 4.90 Å². The third-order valence-corrected chi connectivity index (χ3v) is 3.40. The molecule has 1 aliphatic heterocycles. The molecule has 0 spiro atoms. The Morgan fingerprint density at radius 3 is 2.72 bits per heavy atom. The van der Waals surface area contributed by atoms with Crippen molar-refractivity contribution in [2.45, 2.75) is 25.7 Å². The monoisotopic (exact) mass is 256 g/mol. The fourth-order valence-corrected chi connectivity index (χ4v) is 2.30. The number of carbonyl (C=O) groups is 2. The first kappa shape index (κ1) is 15.0. The van der Waals surface area contributed by atoms with Gasteiger partial charge in [-0.25, -0.2) is 0 Å². The average Bonchev–Trinajstić information content (AvgIpc) is 2.37. The third-order valence-electron chi connectivity index (χ3n) is 3.40. The Labute approximate surface area is 109 Å². The van der Waals surface area contributed by atoms with Crippen LogP contribution in [0.3, 0.4) is 0 Å². The quantitative estimate of drug-likeness (QED) is 0.681. The van der Waals surface area contributed by atoms with E-state index >= 15 is 0 Å². The first-order valence-corrected chi connectivity index (χ1v) is 6.55. The molecule has 1 heterocycles. The van der Waals surface area contributed by atoms with Crippen molar-refractivity contribution in [1.82, 2.24) is 9.80 Å². The summed E-state index contributed by atoms with van der Waals surface area (Å²) in [6, 6.07) is 0. The van der Waals surface area contributed by atoms with Crippen LogP contribution in [-0.2, 0) is 14.3 Å². The molecule has 0 radical (unpaired) electrons. The SMILES string of the molecule is COC(=O)[C@H]1CCCN(CCCC(=O)N(C)C)C1. The van der Waals surface area contributed by atoms with Gasteiger partial charge in [-0.3, -0.25) is 9.59 Å². The maximum atomic E-state index is 11.5. The molecule has 0 bridgehead atoms. The molecule has 0 unspecified atom stereocenters. The second kappa shape index (κ2) is 7.36. The van der Waals surface area contributed by atoms with E-state index in [1.807, 2.05) is 0 Å². The molecule has 5 nitrogen and oxygen atoms in total. The van der Waals surface area contributed by atoms with Crippen molar-refractivity contribution in [3.63, 3.8) is 0 Å². The minimum absolute atomic E-state index is 0.00769. The Balaban J connectivity index is 2.26. The Kier molecular flexibility index (Phi) is 6.12. The molecule has 1 aliphatic rings. The zero-order valence-electron chi connectivity index (χ0n) is 11.6. The maximum Gasteiger partial charge on any atom is 0.309 e. The first-order chi connectivity index (χ1) is 8.54. The third kappa shape index (κ3) is 4.64. The zero-order chi connectivity index (χ0) is 13.5. The van der Waals surface area contributed by atoms with Gasteiger partial charge in [-0.05, 0) is 32.4 Å². The number of ether oxygens (including phenoxy) is 1. The van der Waals surface area contributed by atoms with Gasteiger partial charge in [0.15, 0.2) is 0 Å². The number of piperidine rings is 1. The highest BCUT2D eigenvalue weighted by Crippen LogP contribution is 2.18. The minimum atomic E-state index is -0.107. The topological polar surface area (TPSA) is 49.9 Å². The van der Waals surface area contributed by atoms with Gasteiger partial charge in [-0.2, -0.15) is 0 Å². The average molecular weight is 256 g/mol. The van der Waals surface area contributed by atoms with Crippen LogP contribution in [0.25, 0.3) is 0 Å². The van der Waals surface area contributed by atoms with Crippen LogP contribution < -0.4 is 0 Å². The number of methoxy groups -OCH3 is 1. The Morgan fingerprint density at radius 1 is 1.39 bits per heavy atom. The highest BCUT2D eigenvalue weighted by molar-refractivity contribution is 5.75. The summed E-state index contributed by atoms with van der Waals surface area (Å²) in [4.78, 5) is 26.8. The predicted octanol–water partition coefficient (Wildman–Crippen LogP) is 0.740. The van der Waals surface area contributed by atoms with E-state index in [4.69, 9.17) is 4.74 Å². The number of rotatable bonds is 5. The Morgan fingerprint density at radius 2 is 2.11 bits per heavy atom. The van der Waals surface area contributed by atoms with Crippen LogP contribution in [0.4, 0.5) is 0 Å². The molecule has 1 amide bonds. The van der Waals surface area contributed by atoms with Crippen molar-refractivity contribution in [3.05, 3.63) is 0 Å². The molecule has 0 aliphatic carbocycles. The first-order valence-electron chi connectivity index (χ1n) is 6.55. The van der Waals surface area contributed by atoms with Crippen molar-refractivity contribution in [3.8, 4) is 0 Å². The molecule has 0 aromatic carbocycles. The predicted molar refractivity (Wildman–Crippen MR) is 69.1 cm³/mol. The van der Waals surface area contributed by atoms with Gasteiger partial charge in [-0.15, -0.1) is 0 Å². The van der Waals surface area contributed by atoms with E-state index in [0.717, 1.165) is 38.9 Å². The molecule has 1 saturated heterocycles. The Bertz CT molecular complexity index is 292. The van der Waals surface area contributed by atoms with E-state index in [0.29, 0.717) is 6.42 Å². The molecule has 0 N–H and O–H groups in total. The highest BCUT2D eigenvalue weighted by atomic mass is 16.5. The molecule has 104 valence electrons. The van der Waals surface area contributed by atoms with Crippen molar-refractivity contribution >= 4 is 11.9 Å². The van der Waals surface area contributed by atoms with E-state index in [1.165, 1.54) is 7.11 Å². The lowest BCUT2D eigenvalue weighted by Gasteiger charge is -2.31. The fourth-order valence-electron chi connectivity index (χ4n) is 2.30. The molecular formula is C13H24N2O3. The molecule has 5 heteroatoms. The zero-order valence-corrected chi connectivity index (χ0v) is 11.6. The van der Waals surface area contributed by atoms with Gasteiger partial charge in [-0.1, -0.05) is 0 Å². The summed E-state index contributed by atoms with van der Waals surface area (Å²) in [6.45, 7) is 2.67. The summed E-state index contributed by atoms with van der Waals surface area (Å²) in [5.41, 5.74) is 0. The van der Waals surface area contributed by atoms with Crippen LogP contribution >= 0.6 is 0 Å². The molecule has 0 aromatic heterocycles. The lowest BCUT2D eigenvalue weighted by molar-refractivity contribution is -0.147. The number of hydrogen-bond donors (Lipinski definition) is 0. The number of carbonyl (C=O) groups excluding carboxylic acids is 2. The second-order valence-electron chi connectivity index (χ2n) is 5.05. The lowest BCUT2D eigenvalue weighted by Crippen LogP contribution is -2.39. The largest absolute Gasteiger partial charge is 0.469 e. The van der Waals surface area contributed by atoms with Crippen molar-refractivity contribution < 1.29 is 14.3 Å². The van der Waals surface area contributed by atoms with Crippen molar-refractivity contribution in [2.24, 2.45) is 5.92 Å². The normalized spacial score (nSPS) is 20.5. The van der Waals surface area contributed by atoms with Crippen LogP contribution in [0.2, 0.25) is 0 Å². The lowest BCUT2D eigenvalue weighted by atomic mass is 9.98. The van der Waals surface area contributed by atoms with Gasteiger partial charge in [0, 0.05) is 27.1 Å². The summed E-state index contributed by atoms with van der Waals surface area (Å²) in [7, 11) is 4.99. The molecule has 1 fully saturated rings. The van der Waals surface area contributed by atoms with E-state index in [1.54, 1.807) is 19.0 Å². The van der Waals surface area contributed by atoms with Crippen LogP contribution in [0, 0.1) is 5.92 Å². The van der Waals surface area contributed by atoms with Gasteiger partial charge in [0.05, 0.1) is 13.0 Å². The Hall–Kier alpha value is -1.10. The van der Waals surface area contributed by atoms with E-state index < -0.39 is 0 Å². The smallest absolute Gasteiger partial charge is 0.309 e. The number of esters is 1. The summed E-state index contributed by atoms with van der Waals surface area (Å²) < 4.78 is 4.79. The van der Waals surface area contributed by atoms with Crippen LogP contribution in [0.15, 0.2) is 0 Å². The van der Waals surface area contributed by atoms with Crippen LogP contribution in [-0.4, -0.2) is 62.5 Å². The van der Waals surface area contributed by atoms with Gasteiger partial charge in [0.1, 0.15) is 0 Å². The number of hydrogen-bond acceptors (Lipinski definition) is 4. The molecule has 1 atom stereocenters. The number of nitrogens with zero attached hydrogens (tertiary/aromatic N) is 2. The molecule has 0 aromatic rings. The highest BCUT2D eigenvalue weighted by Gasteiger charge is 2.26. The van der Waals surface area contributed by atoms with Gasteiger partial charge in [0.2, 0.25) is 5.91 Å². The van der Waals surface area contributed by atoms with Crippen LogP contribution in [0.1, 0.15) is 25.7 Å². The number of amides is 1. The van der Waals surface area contributed by atoms with Gasteiger partial charge in [0.25, 0.3) is 0 Å². The molecule has 1 rings (SSSR count). The fraction of sp³-hybridized carbons (Fsp3) is 0.846. The summed E-state index contributed by atoms with van der Waals surface area (Å²) in [5.74, 6) is 0.0638. The van der Waals surface area contributed by atoms with Crippen molar-refractivity contribution in [1.29, 1.82) is 0 Å².